The first-order valence-electron chi connectivity index (χ1n) is 6.91. The highest BCUT2D eigenvalue weighted by Gasteiger charge is 2.19. The van der Waals surface area contributed by atoms with E-state index in [0.717, 1.165) is 11.7 Å². The zero-order chi connectivity index (χ0) is 12.3. The molecule has 0 unspecified atom stereocenters. The molecule has 0 bridgehead atoms. The van der Waals surface area contributed by atoms with Gasteiger partial charge in [0.2, 0.25) is 0 Å². The second kappa shape index (κ2) is 5.57. The SMILES string of the molecule is CC1CCC(Oc2cccc(C(C)C)c2)CC1. The second-order valence-electron chi connectivity index (χ2n) is 5.73. The molecule has 94 valence electrons. The highest BCUT2D eigenvalue weighted by atomic mass is 16.5. The van der Waals surface area contributed by atoms with E-state index in [9.17, 15) is 0 Å². The van der Waals surface area contributed by atoms with Gasteiger partial charge in [0.1, 0.15) is 5.75 Å². The van der Waals surface area contributed by atoms with Crippen LogP contribution < -0.4 is 4.74 Å². The normalized spacial score (nSPS) is 24.9. The van der Waals surface area contributed by atoms with Gasteiger partial charge in [-0.1, -0.05) is 32.9 Å². The van der Waals surface area contributed by atoms with Crippen LogP contribution >= 0.6 is 0 Å². The molecule has 0 heterocycles. The third-order valence-electron chi connectivity index (χ3n) is 3.79. The Hall–Kier alpha value is -0.980. The molecule has 0 spiro atoms. The van der Waals surface area contributed by atoms with Crippen molar-refractivity contribution in [2.45, 2.75) is 58.5 Å². The van der Waals surface area contributed by atoms with Crippen LogP contribution in [-0.2, 0) is 0 Å². The minimum absolute atomic E-state index is 0.439. The monoisotopic (exact) mass is 232 g/mol. The molecule has 0 radical (unpaired) electrons. The van der Waals surface area contributed by atoms with Crippen LogP contribution in [0.2, 0.25) is 0 Å². The first kappa shape index (κ1) is 12.5. The van der Waals surface area contributed by atoms with Gasteiger partial charge in [-0.15, -0.1) is 0 Å². The maximum absolute atomic E-state index is 6.09. The van der Waals surface area contributed by atoms with Gasteiger partial charge in [0.25, 0.3) is 0 Å². The highest BCUT2D eigenvalue weighted by molar-refractivity contribution is 5.30. The standard InChI is InChI=1S/C16H24O/c1-12(2)14-5-4-6-16(11-14)17-15-9-7-13(3)8-10-15/h4-6,11-13,15H,7-10H2,1-3H3. The van der Waals surface area contributed by atoms with E-state index in [1.807, 2.05) is 0 Å². The lowest BCUT2D eigenvalue weighted by Gasteiger charge is -2.27. The van der Waals surface area contributed by atoms with Crippen LogP contribution in [0.3, 0.4) is 0 Å². The molecular formula is C16H24O. The highest BCUT2D eigenvalue weighted by Crippen LogP contribution is 2.28. The number of hydrogen-bond acceptors (Lipinski definition) is 1. The third-order valence-corrected chi connectivity index (χ3v) is 3.79. The lowest BCUT2D eigenvalue weighted by atomic mass is 9.89. The topological polar surface area (TPSA) is 9.23 Å². The van der Waals surface area contributed by atoms with Crippen molar-refractivity contribution in [3.63, 3.8) is 0 Å². The largest absolute Gasteiger partial charge is 0.490 e. The number of hydrogen-bond donors (Lipinski definition) is 0. The molecule has 1 fully saturated rings. The van der Waals surface area contributed by atoms with Crippen LogP contribution in [-0.4, -0.2) is 6.10 Å². The summed E-state index contributed by atoms with van der Waals surface area (Å²) >= 11 is 0. The predicted octanol–water partition coefficient (Wildman–Crippen LogP) is 4.77. The molecule has 0 aliphatic heterocycles. The molecule has 2 rings (SSSR count). The maximum Gasteiger partial charge on any atom is 0.119 e. The predicted molar refractivity (Wildman–Crippen MR) is 72.6 cm³/mol. The van der Waals surface area contributed by atoms with Crippen molar-refractivity contribution in [1.29, 1.82) is 0 Å². The van der Waals surface area contributed by atoms with E-state index in [0.29, 0.717) is 12.0 Å². The zero-order valence-corrected chi connectivity index (χ0v) is 11.3. The Bertz CT molecular complexity index is 348. The van der Waals surface area contributed by atoms with Crippen LogP contribution in [0.4, 0.5) is 0 Å². The summed E-state index contributed by atoms with van der Waals surface area (Å²) in [5.41, 5.74) is 1.37. The molecule has 0 atom stereocenters. The number of rotatable bonds is 3. The van der Waals surface area contributed by atoms with Gasteiger partial charge in [-0.25, -0.2) is 0 Å². The Labute approximate surface area is 105 Å². The molecule has 1 aliphatic carbocycles. The summed E-state index contributed by atoms with van der Waals surface area (Å²) in [5, 5.41) is 0. The molecule has 1 aromatic rings. The second-order valence-corrected chi connectivity index (χ2v) is 5.73. The summed E-state index contributed by atoms with van der Waals surface area (Å²) in [5.74, 6) is 2.51. The molecule has 1 saturated carbocycles. The van der Waals surface area contributed by atoms with Crippen LogP contribution in [0, 0.1) is 5.92 Å². The smallest absolute Gasteiger partial charge is 0.119 e. The summed E-state index contributed by atoms with van der Waals surface area (Å²) in [6.45, 7) is 6.79. The molecule has 1 nitrogen and oxygen atoms in total. The molecule has 0 amide bonds. The van der Waals surface area contributed by atoms with E-state index in [4.69, 9.17) is 4.74 Å². The Morgan fingerprint density at radius 2 is 1.82 bits per heavy atom. The summed E-state index contributed by atoms with van der Waals surface area (Å²) in [4.78, 5) is 0. The van der Waals surface area contributed by atoms with Crippen molar-refractivity contribution in [2.75, 3.05) is 0 Å². The van der Waals surface area contributed by atoms with E-state index < -0.39 is 0 Å². The molecular weight excluding hydrogens is 208 g/mol. The molecule has 1 aliphatic rings. The fourth-order valence-electron chi connectivity index (χ4n) is 2.49. The quantitative estimate of drug-likeness (QED) is 0.729. The maximum atomic E-state index is 6.09. The molecule has 0 N–H and O–H groups in total. The van der Waals surface area contributed by atoms with Gasteiger partial charge in [-0.05, 0) is 55.2 Å². The molecule has 0 saturated heterocycles. The Morgan fingerprint density at radius 1 is 1.12 bits per heavy atom. The van der Waals surface area contributed by atoms with Gasteiger partial charge in [-0.3, -0.25) is 0 Å². The van der Waals surface area contributed by atoms with E-state index in [-0.39, 0.29) is 0 Å². The van der Waals surface area contributed by atoms with E-state index in [1.54, 1.807) is 0 Å². The van der Waals surface area contributed by atoms with Crippen molar-refractivity contribution in [3.05, 3.63) is 29.8 Å². The van der Waals surface area contributed by atoms with Crippen LogP contribution in [0.5, 0.6) is 5.75 Å². The first-order chi connectivity index (χ1) is 8.15. The van der Waals surface area contributed by atoms with Gasteiger partial charge in [0.05, 0.1) is 6.10 Å². The third kappa shape index (κ3) is 3.49. The Balaban J connectivity index is 1.96. The number of ether oxygens (including phenoxy) is 1. The number of benzene rings is 1. The van der Waals surface area contributed by atoms with Gasteiger partial charge in [0.15, 0.2) is 0 Å². The van der Waals surface area contributed by atoms with Crippen molar-refractivity contribution in [3.8, 4) is 5.75 Å². The fraction of sp³-hybridized carbons (Fsp3) is 0.625. The van der Waals surface area contributed by atoms with Gasteiger partial charge in [0, 0.05) is 0 Å². The van der Waals surface area contributed by atoms with Crippen molar-refractivity contribution in [2.24, 2.45) is 5.92 Å². The van der Waals surface area contributed by atoms with Gasteiger partial charge < -0.3 is 4.74 Å². The van der Waals surface area contributed by atoms with Crippen molar-refractivity contribution >= 4 is 0 Å². The van der Waals surface area contributed by atoms with Crippen LogP contribution in [0.15, 0.2) is 24.3 Å². The van der Waals surface area contributed by atoms with E-state index >= 15 is 0 Å². The first-order valence-corrected chi connectivity index (χ1v) is 6.91. The summed E-state index contributed by atoms with van der Waals surface area (Å²) < 4.78 is 6.09. The summed E-state index contributed by atoms with van der Waals surface area (Å²) in [7, 11) is 0. The van der Waals surface area contributed by atoms with E-state index in [1.165, 1.54) is 31.2 Å². The zero-order valence-electron chi connectivity index (χ0n) is 11.3. The van der Waals surface area contributed by atoms with Crippen LogP contribution in [0.25, 0.3) is 0 Å². The molecule has 1 aromatic carbocycles. The minimum Gasteiger partial charge on any atom is -0.490 e. The van der Waals surface area contributed by atoms with Crippen LogP contribution in [0.1, 0.15) is 57.9 Å². The lowest BCUT2D eigenvalue weighted by Crippen LogP contribution is -2.23. The fourth-order valence-corrected chi connectivity index (χ4v) is 2.49. The average molecular weight is 232 g/mol. The Morgan fingerprint density at radius 3 is 2.47 bits per heavy atom. The summed E-state index contributed by atoms with van der Waals surface area (Å²) in [6, 6.07) is 8.57. The molecule has 0 aromatic heterocycles. The van der Waals surface area contributed by atoms with Gasteiger partial charge in [-0.2, -0.15) is 0 Å². The minimum atomic E-state index is 0.439. The van der Waals surface area contributed by atoms with Gasteiger partial charge >= 0.3 is 0 Å². The van der Waals surface area contributed by atoms with Crippen molar-refractivity contribution in [1.82, 2.24) is 0 Å². The van der Waals surface area contributed by atoms with Crippen molar-refractivity contribution < 1.29 is 4.74 Å². The summed E-state index contributed by atoms with van der Waals surface area (Å²) in [6.07, 6.45) is 5.50. The molecule has 1 heteroatoms. The average Bonchev–Trinajstić information content (AvgIpc) is 2.32. The Kier molecular flexibility index (Phi) is 4.09. The van der Waals surface area contributed by atoms with E-state index in [2.05, 4.69) is 45.0 Å². The molecule has 17 heavy (non-hydrogen) atoms. The lowest BCUT2D eigenvalue weighted by molar-refractivity contribution is 0.135.